The van der Waals surface area contributed by atoms with E-state index >= 15 is 0 Å². The topological polar surface area (TPSA) is 54.3 Å². The maximum Gasteiger partial charge on any atom is 0.251 e. The molecule has 100 valence electrons. The van der Waals surface area contributed by atoms with Crippen LogP contribution < -0.4 is 10.6 Å². The molecule has 1 amide bonds. The van der Waals surface area contributed by atoms with Crippen LogP contribution in [0.2, 0.25) is 0 Å². The van der Waals surface area contributed by atoms with Crippen LogP contribution in [0.25, 0.3) is 0 Å². The fourth-order valence-electron chi connectivity index (χ4n) is 1.80. The van der Waals surface area contributed by atoms with Gasteiger partial charge in [-0.1, -0.05) is 0 Å². The van der Waals surface area contributed by atoms with Gasteiger partial charge in [0.1, 0.15) is 5.76 Å². The van der Waals surface area contributed by atoms with E-state index in [-0.39, 0.29) is 5.91 Å². The van der Waals surface area contributed by atoms with Gasteiger partial charge >= 0.3 is 0 Å². The number of carbonyl (C=O) groups is 1. The van der Waals surface area contributed by atoms with Gasteiger partial charge in [0, 0.05) is 30.8 Å². The number of hydrogen-bond acceptors (Lipinski definition) is 3. The second kappa shape index (κ2) is 6.64. The average molecular weight is 258 g/mol. The van der Waals surface area contributed by atoms with E-state index in [0.717, 1.165) is 18.0 Å². The van der Waals surface area contributed by atoms with Crippen molar-refractivity contribution in [2.45, 2.75) is 13.3 Å². The van der Waals surface area contributed by atoms with E-state index in [9.17, 15) is 4.79 Å². The van der Waals surface area contributed by atoms with Gasteiger partial charge in [0.25, 0.3) is 5.91 Å². The molecule has 0 aliphatic carbocycles. The highest BCUT2D eigenvalue weighted by Crippen LogP contribution is 2.09. The molecular formula is C15H18N2O2. The first kappa shape index (κ1) is 13.2. The third-order valence-electron chi connectivity index (χ3n) is 2.77. The highest BCUT2D eigenvalue weighted by Gasteiger charge is 2.05. The SMILES string of the molecule is CCNc1ccc(C(=O)NCCc2ccco2)cc1. The quantitative estimate of drug-likeness (QED) is 0.837. The lowest BCUT2D eigenvalue weighted by atomic mass is 10.2. The van der Waals surface area contributed by atoms with Crippen molar-refractivity contribution in [2.24, 2.45) is 0 Å². The normalized spacial score (nSPS) is 10.2. The number of carbonyl (C=O) groups excluding carboxylic acids is 1. The smallest absolute Gasteiger partial charge is 0.251 e. The molecule has 0 fully saturated rings. The average Bonchev–Trinajstić information content (AvgIpc) is 2.93. The minimum atomic E-state index is -0.0606. The summed E-state index contributed by atoms with van der Waals surface area (Å²) in [5.41, 5.74) is 1.69. The van der Waals surface area contributed by atoms with Crippen LogP contribution in [0.4, 0.5) is 5.69 Å². The molecule has 0 atom stereocenters. The molecule has 0 aliphatic heterocycles. The van der Waals surface area contributed by atoms with Crippen molar-refractivity contribution >= 4 is 11.6 Å². The van der Waals surface area contributed by atoms with Crippen LogP contribution in [0, 0.1) is 0 Å². The number of anilines is 1. The van der Waals surface area contributed by atoms with Gasteiger partial charge in [0.05, 0.1) is 6.26 Å². The Hall–Kier alpha value is -2.23. The molecule has 4 heteroatoms. The van der Waals surface area contributed by atoms with Gasteiger partial charge in [0.15, 0.2) is 0 Å². The third kappa shape index (κ3) is 3.88. The van der Waals surface area contributed by atoms with Gasteiger partial charge < -0.3 is 15.1 Å². The number of hydrogen-bond donors (Lipinski definition) is 2. The number of furan rings is 1. The molecule has 19 heavy (non-hydrogen) atoms. The van der Waals surface area contributed by atoms with E-state index in [0.29, 0.717) is 18.5 Å². The van der Waals surface area contributed by atoms with Gasteiger partial charge in [-0.2, -0.15) is 0 Å². The first-order valence-corrected chi connectivity index (χ1v) is 6.44. The molecule has 0 bridgehead atoms. The number of rotatable bonds is 6. The van der Waals surface area contributed by atoms with E-state index in [1.54, 1.807) is 6.26 Å². The number of benzene rings is 1. The molecule has 0 saturated heterocycles. The molecule has 0 unspecified atom stereocenters. The van der Waals surface area contributed by atoms with Crippen LogP contribution in [-0.2, 0) is 6.42 Å². The van der Waals surface area contributed by atoms with Crippen molar-refractivity contribution < 1.29 is 9.21 Å². The lowest BCUT2D eigenvalue weighted by molar-refractivity contribution is 0.0953. The Bertz CT molecular complexity index is 503. The highest BCUT2D eigenvalue weighted by molar-refractivity contribution is 5.94. The molecule has 1 aromatic heterocycles. The predicted molar refractivity (Wildman–Crippen MR) is 75.4 cm³/mol. The second-order valence-corrected chi connectivity index (χ2v) is 4.19. The largest absolute Gasteiger partial charge is 0.469 e. The molecule has 2 rings (SSSR count). The highest BCUT2D eigenvalue weighted by atomic mass is 16.3. The predicted octanol–water partition coefficient (Wildman–Crippen LogP) is 2.68. The zero-order chi connectivity index (χ0) is 13.5. The maximum absolute atomic E-state index is 11.9. The fourth-order valence-corrected chi connectivity index (χ4v) is 1.80. The summed E-state index contributed by atoms with van der Waals surface area (Å²) in [6.45, 7) is 3.48. The van der Waals surface area contributed by atoms with E-state index in [4.69, 9.17) is 4.42 Å². The summed E-state index contributed by atoms with van der Waals surface area (Å²) in [5, 5.41) is 6.06. The molecule has 0 aliphatic rings. The maximum atomic E-state index is 11.9. The number of amides is 1. The Balaban J connectivity index is 1.82. The molecule has 0 saturated carbocycles. The zero-order valence-electron chi connectivity index (χ0n) is 11.0. The van der Waals surface area contributed by atoms with Crippen LogP contribution in [0.15, 0.2) is 47.1 Å². The van der Waals surface area contributed by atoms with Crippen LogP contribution in [-0.4, -0.2) is 19.0 Å². The van der Waals surface area contributed by atoms with E-state index in [1.807, 2.05) is 43.3 Å². The number of nitrogens with one attached hydrogen (secondary N) is 2. The van der Waals surface area contributed by atoms with Gasteiger partial charge in [-0.3, -0.25) is 4.79 Å². The summed E-state index contributed by atoms with van der Waals surface area (Å²) in [4.78, 5) is 11.9. The van der Waals surface area contributed by atoms with Gasteiger partial charge in [-0.15, -0.1) is 0 Å². The Kier molecular flexibility index (Phi) is 4.61. The van der Waals surface area contributed by atoms with Crippen molar-refractivity contribution in [2.75, 3.05) is 18.4 Å². The second-order valence-electron chi connectivity index (χ2n) is 4.19. The third-order valence-corrected chi connectivity index (χ3v) is 2.77. The van der Waals surface area contributed by atoms with Crippen molar-refractivity contribution in [1.82, 2.24) is 5.32 Å². The van der Waals surface area contributed by atoms with E-state index in [2.05, 4.69) is 10.6 Å². The van der Waals surface area contributed by atoms with Crippen LogP contribution in [0.5, 0.6) is 0 Å². The van der Waals surface area contributed by atoms with Gasteiger partial charge in [-0.05, 0) is 43.3 Å². The zero-order valence-corrected chi connectivity index (χ0v) is 11.0. The van der Waals surface area contributed by atoms with E-state index < -0.39 is 0 Å². The fraction of sp³-hybridized carbons (Fsp3) is 0.267. The van der Waals surface area contributed by atoms with Crippen molar-refractivity contribution in [3.63, 3.8) is 0 Å². The van der Waals surface area contributed by atoms with Crippen LogP contribution >= 0.6 is 0 Å². The standard InChI is InChI=1S/C15H18N2O2/c1-2-16-13-7-5-12(6-8-13)15(18)17-10-9-14-4-3-11-19-14/h3-8,11,16H,2,9-10H2,1H3,(H,17,18). The summed E-state index contributed by atoms with van der Waals surface area (Å²) < 4.78 is 5.20. The van der Waals surface area contributed by atoms with E-state index in [1.165, 1.54) is 0 Å². The van der Waals surface area contributed by atoms with Gasteiger partial charge in [-0.25, -0.2) is 0 Å². The van der Waals surface area contributed by atoms with Crippen molar-refractivity contribution in [1.29, 1.82) is 0 Å². The molecule has 2 N–H and O–H groups in total. The summed E-state index contributed by atoms with van der Waals surface area (Å²) in [7, 11) is 0. The minimum absolute atomic E-state index is 0.0606. The minimum Gasteiger partial charge on any atom is -0.469 e. The first-order chi connectivity index (χ1) is 9.29. The summed E-state index contributed by atoms with van der Waals surface area (Å²) in [6, 6.07) is 11.2. The Morgan fingerprint density at radius 2 is 2.00 bits per heavy atom. The molecule has 4 nitrogen and oxygen atoms in total. The molecule has 0 radical (unpaired) electrons. The van der Waals surface area contributed by atoms with Crippen molar-refractivity contribution in [3.8, 4) is 0 Å². The van der Waals surface area contributed by atoms with Crippen molar-refractivity contribution in [3.05, 3.63) is 54.0 Å². The summed E-state index contributed by atoms with van der Waals surface area (Å²) in [6.07, 6.45) is 2.34. The lowest BCUT2D eigenvalue weighted by Gasteiger charge is -2.06. The summed E-state index contributed by atoms with van der Waals surface area (Å²) in [5.74, 6) is 0.817. The summed E-state index contributed by atoms with van der Waals surface area (Å²) >= 11 is 0. The van der Waals surface area contributed by atoms with Gasteiger partial charge in [0.2, 0.25) is 0 Å². The lowest BCUT2D eigenvalue weighted by Crippen LogP contribution is -2.25. The Labute approximate surface area is 112 Å². The molecule has 0 spiro atoms. The molecule has 1 aromatic carbocycles. The molecule has 1 heterocycles. The Morgan fingerprint density at radius 3 is 2.63 bits per heavy atom. The first-order valence-electron chi connectivity index (χ1n) is 6.44. The van der Waals surface area contributed by atoms with Crippen LogP contribution in [0.3, 0.4) is 0 Å². The Morgan fingerprint density at radius 1 is 1.21 bits per heavy atom. The monoisotopic (exact) mass is 258 g/mol. The van der Waals surface area contributed by atoms with Crippen LogP contribution in [0.1, 0.15) is 23.0 Å². The molecular weight excluding hydrogens is 240 g/mol. The molecule has 2 aromatic rings.